The SMILES string of the molecule is [CH2]C1CCC(O)(CO)CC1. The molecule has 0 atom stereocenters. The summed E-state index contributed by atoms with van der Waals surface area (Å²) >= 11 is 0. The van der Waals surface area contributed by atoms with E-state index >= 15 is 0 Å². The van der Waals surface area contributed by atoms with Gasteiger partial charge in [-0.05, 0) is 31.6 Å². The number of hydrogen-bond acceptors (Lipinski definition) is 2. The largest absolute Gasteiger partial charge is 0.393 e. The second kappa shape index (κ2) is 2.89. The fourth-order valence-electron chi connectivity index (χ4n) is 1.37. The van der Waals surface area contributed by atoms with Crippen molar-refractivity contribution < 1.29 is 10.2 Å². The van der Waals surface area contributed by atoms with E-state index in [0.29, 0.717) is 18.8 Å². The Morgan fingerprint density at radius 3 is 2.30 bits per heavy atom. The van der Waals surface area contributed by atoms with E-state index < -0.39 is 5.60 Å². The highest BCUT2D eigenvalue weighted by molar-refractivity contribution is 4.85. The topological polar surface area (TPSA) is 40.5 Å². The smallest absolute Gasteiger partial charge is 0.0877 e. The third kappa shape index (κ3) is 1.70. The Balaban J connectivity index is 2.38. The normalized spacial score (nSPS) is 41.7. The molecule has 2 nitrogen and oxygen atoms in total. The van der Waals surface area contributed by atoms with Crippen LogP contribution < -0.4 is 0 Å². The highest BCUT2D eigenvalue weighted by atomic mass is 16.3. The average Bonchev–Trinajstić information content (AvgIpc) is 1.96. The zero-order valence-electron chi connectivity index (χ0n) is 6.21. The molecule has 1 fully saturated rings. The summed E-state index contributed by atoms with van der Waals surface area (Å²) in [6.45, 7) is 3.81. The zero-order chi connectivity index (χ0) is 7.61. The molecule has 0 aromatic carbocycles. The second-order valence-electron chi connectivity index (χ2n) is 3.33. The molecule has 0 spiro atoms. The third-order valence-electron chi connectivity index (χ3n) is 2.33. The van der Waals surface area contributed by atoms with Gasteiger partial charge in [-0.3, -0.25) is 0 Å². The zero-order valence-corrected chi connectivity index (χ0v) is 6.21. The molecule has 2 heteroatoms. The molecule has 0 saturated heterocycles. The lowest BCUT2D eigenvalue weighted by Crippen LogP contribution is -2.37. The Bertz CT molecular complexity index is 104. The third-order valence-corrected chi connectivity index (χ3v) is 2.33. The molecule has 1 aliphatic carbocycles. The van der Waals surface area contributed by atoms with E-state index in [1.807, 2.05) is 0 Å². The first-order valence-corrected chi connectivity index (χ1v) is 3.83. The molecule has 0 aliphatic heterocycles. The number of aliphatic hydroxyl groups excluding tert-OH is 1. The molecule has 10 heavy (non-hydrogen) atoms. The first-order chi connectivity index (χ1) is 4.66. The highest BCUT2D eigenvalue weighted by Crippen LogP contribution is 2.30. The summed E-state index contributed by atoms with van der Waals surface area (Å²) in [6, 6.07) is 0. The molecule has 0 aromatic heterocycles. The summed E-state index contributed by atoms with van der Waals surface area (Å²) in [6.07, 6.45) is 3.30. The average molecular weight is 143 g/mol. The van der Waals surface area contributed by atoms with Gasteiger partial charge in [0.2, 0.25) is 0 Å². The molecular weight excluding hydrogens is 128 g/mol. The van der Waals surface area contributed by atoms with Crippen LogP contribution in [0.5, 0.6) is 0 Å². The standard InChI is InChI=1S/C8H15O2/c1-7-2-4-8(10,6-9)5-3-7/h7,9-10H,1-6H2. The minimum absolute atomic E-state index is 0.0975. The maximum absolute atomic E-state index is 9.52. The molecule has 59 valence electrons. The number of aliphatic hydroxyl groups is 2. The summed E-state index contributed by atoms with van der Waals surface area (Å²) in [5, 5.41) is 18.3. The van der Waals surface area contributed by atoms with Crippen LogP contribution in [-0.4, -0.2) is 22.4 Å². The van der Waals surface area contributed by atoms with Crippen LogP contribution >= 0.6 is 0 Å². The molecular formula is C8H15O2. The minimum atomic E-state index is -0.784. The van der Waals surface area contributed by atoms with Gasteiger partial charge in [0.1, 0.15) is 0 Å². The summed E-state index contributed by atoms with van der Waals surface area (Å²) in [4.78, 5) is 0. The molecule has 0 heterocycles. The fraction of sp³-hybridized carbons (Fsp3) is 0.875. The predicted octanol–water partition coefficient (Wildman–Crippen LogP) is 0.734. The maximum atomic E-state index is 9.52. The van der Waals surface area contributed by atoms with Gasteiger partial charge < -0.3 is 10.2 Å². The van der Waals surface area contributed by atoms with Crippen molar-refractivity contribution in [3.8, 4) is 0 Å². The summed E-state index contributed by atoms with van der Waals surface area (Å²) in [5.74, 6) is 0.479. The van der Waals surface area contributed by atoms with E-state index in [9.17, 15) is 5.11 Å². The first kappa shape index (κ1) is 8.02. The molecule has 0 bridgehead atoms. The first-order valence-electron chi connectivity index (χ1n) is 3.83. The van der Waals surface area contributed by atoms with Crippen molar-refractivity contribution in [2.45, 2.75) is 31.3 Å². The van der Waals surface area contributed by atoms with Gasteiger partial charge in [0, 0.05) is 0 Å². The molecule has 0 unspecified atom stereocenters. The highest BCUT2D eigenvalue weighted by Gasteiger charge is 2.30. The lowest BCUT2D eigenvalue weighted by Gasteiger charge is -2.32. The Morgan fingerprint density at radius 2 is 1.90 bits per heavy atom. The molecule has 2 N–H and O–H groups in total. The fourth-order valence-corrected chi connectivity index (χ4v) is 1.37. The number of hydrogen-bond donors (Lipinski definition) is 2. The van der Waals surface area contributed by atoms with Gasteiger partial charge in [0.25, 0.3) is 0 Å². The van der Waals surface area contributed by atoms with Crippen LogP contribution in [0.25, 0.3) is 0 Å². The lowest BCUT2D eigenvalue weighted by atomic mass is 9.80. The van der Waals surface area contributed by atoms with E-state index in [1.165, 1.54) is 0 Å². The van der Waals surface area contributed by atoms with Gasteiger partial charge in [-0.1, -0.05) is 6.92 Å². The maximum Gasteiger partial charge on any atom is 0.0877 e. The Hall–Kier alpha value is -0.0800. The van der Waals surface area contributed by atoms with E-state index in [1.54, 1.807) is 0 Å². The van der Waals surface area contributed by atoms with Crippen LogP contribution in [0.2, 0.25) is 0 Å². The van der Waals surface area contributed by atoms with Crippen LogP contribution in [0.3, 0.4) is 0 Å². The number of rotatable bonds is 1. The van der Waals surface area contributed by atoms with Crippen molar-refractivity contribution in [2.75, 3.05) is 6.61 Å². The molecule has 1 saturated carbocycles. The molecule has 1 rings (SSSR count). The summed E-state index contributed by atoms with van der Waals surface area (Å²) in [7, 11) is 0. The predicted molar refractivity (Wildman–Crippen MR) is 39.4 cm³/mol. The van der Waals surface area contributed by atoms with Crippen LogP contribution in [0.1, 0.15) is 25.7 Å². The van der Waals surface area contributed by atoms with Crippen LogP contribution in [0.4, 0.5) is 0 Å². The van der Waals surface area contributed by atoms with Crippen molar-refractivity contribution >= 4 is 0 Å². The molecule has 1 aliphatic rings. The van der Waals surface area contributed by atoms with Gasteiger partial charge in [-0.2, -0.15) is 0 Å². The molecule has 0 aromatic rings. The van der Waals surface area contributed by atoms with Gasteiger partial charge in [0.15, 0.2) is 0 Å². The van der Waals surface area contributed by atoms with Crippen LogP contribution in [-0.2, 0) is 0 Å². The quantitative estimate of drug-likeness (QED) is 0.568. The summed E-state index contributed by atoms with van der Waals surface area (Å²) < 4.78 is 0. The van der Waals surface area contributed by atoms with Crippen molar-refractivity contribution in [1.29, 1.82) is 0 Å². The van der Waals surface area contributed by atoms with E-state index in [0.717, 1.165) is 12.8 Å². The Kier molecular flexibility index (Phi) is 2.32. The van der Waals surface area contributed by atoms with Gasteiger partial charge in [-0.25, -0.2) is 0 Å². The van der Waals surface area contributed by atoms with Crippen LogP contribution in [0, 0.1) is 12.8 Å². The van der Waals surface area contributed by atoms with Gasteiger partial charge in [0.05, 0.1) is 12.2 Å². The minimum Gasteiger partial charge on any atom is -0.393 e. The molecule has 0 amide bonds. The van der Waals surface area contributed by atoms with Crippen molar-refractivity contribution in [3.05, 3.63) is 6.92 Å². The van der Waals surface area contributed by atoms with Crippen molar-refractivity contribution in [1.82, 2.24) is 0 Å². The monoisotopic (exact) mass is 143 g/mol. The second-order valence-corrected chi connectivity index (χ2v) is 3.33. The Morgan fingerprint density at radius 1 is 1.40 bits per heavy atom. The Labute approximate surface area is 61.9 Å². The van der Waals surface area contributed by atoms with Gasteiger partial charge >= 0.3 is 0 Å². The van der Waals surface area contributed by atoms with E-state index in [4.69, 9.17) is 5.11 Å². The van der Waals surface area contributed by atoms with Crippen molar-refractivity contribution in [2.24, 2.45) is 5.92 Å². The molecule has 1 radical (unpaired) electrons. The van der Waals surface area contributed by atoms with E-state index in [-0.39, 0.29) is 6.61 Å². The van der Waals surface area contributed by atoms with E-state index in [2.05, 4.69) is 6.92 Å². The van der Waals surface area contributed by atoms with Gasteiger partial charge in [-0.15, -0.1) is 0 Å². The lowest BCUT2D eigenvalue weighted by molar-refractivity contribution is -0.0481. The summed E-state index contributed by atoms with van der Waals surface area (Å²) in [5.41, 5.74) is -0.784. The van der Waals surface area contributed by atoms with Crippen molar-refractivity contribution in [3.63, 3.8) is 0 Å². The van der Waals surface area contributed by atoms with Crippen LogP contribution in [0.15, 0.2) is 0 Å².